The van der Waals surface area contributed by atoms with E-state index < -0.39 is 5.60 Å². The Morgan fingerprint density at radius 2 is 2.06 bits per heavy atom. The molecule has 0 spiro atoms. The molecule has 1 aliphatic rings. The predicted octanol–water partition coefficient (Wildman–Crippen LogP) is 3.47. The van der Waals surface area contributed by atoms with Crippen LogP contribution in [0, 0.1) is 0 Å². The van der Waals surface area contributed by atoms with E-state index in [4.69, 9.17) is 11.6 Å². The van der Waals surface area contributed by atoms with Crippen LogP contribution in [0.2, 0.25) is 5.02 Å². The molecule has 1 saturated heterocycles. The molecule has 0 saturated carbocycles. The Kier molecular flexibility index (Phi) is 3.10. The lowest BCUT2D eigenvalue weighted by atomic mass is 9.90. The van der Waals surface area contributed by atoms with Crippen LogP contribution in [0.15, 0.2) is 24.3 Å². The van der Waals surface area contributed by atoms with Gasteiger partial charge < -0.3 is 10.0 Å². The molecule has 2 nitrogen and oxygen atoms in total. The van der Waals surface area contributed by atoms with Gasteiger partial charge in [-0.15, -0.1) is 11.3 Å². The molecule has 1 N–H and O–H groups in total. The molecule has 0 aliphatic carbocycles. The largest absolute Gasteiger partial charge is 0.384 e. The molecule has 2 heterocycles. The fourth-order valence-electron chi connectivity index (χ4n) is 2.49. The minimum Gasteiger partial charge on any atom is -0.384 e. The highest BCUT2D eigenvalue weighted by Gasteiger charge is 2.34. The van der Waals surface area contributed by atoms with Crippen LogP contribution in [-0.2, 0) is 5.60 Å². The van der Waals surface area contributed by atoms with E-state index in [0.29, 0.717) is 0 Å². The van der Waals surface area contributed by atoms with Crippen LogP contribution < -0.4 is 0 Å². The highest BCUT2D eigenvalue weighted by Crippen LogP contribution is 2.41. The number of hydrogen-bond donors (Lipinski definition) is 1. The van der Waals surface area contributed by atoms with Gasteiger partial charge in [-0.05, 0) is 38.1 Å². The van der Waals surface area contributed by atoms with Crippen molar-refractivity contribution in [2.45, 2.75) is 18.4 Å². The second kappa shape index (κ2) is 4.49. The van der Waals surface area contributed by atoms with Gasteiger partial charge in [-0.3, -0.25) is 0 Å². The molecule has 0 atom stereocenters. The maximum absolute atomic E-state index is 10.8. The van der Waals surface area contributed by atoms with E-state index in [0.717, 1.165) is 45.9 Å². The number of piperidine rings is 1. The maximum atomic E-state index is 10.8. The van der Waals surface area contributed by atoms with Gasteiger partial charge in [-0.25, -0.2) is 0 Å². The second-order valence-electron chi connectivity index (χ2n) is 5.10. The van der Waals surface area contributed by atoms with E-state index in [1.54, 1.807) is 11.3 Å². The lowest BCUT2D eigenvalue weighted by Gasteiger charge is -2.35. The van der Waals surface area contributed by atoms with Crippen molar-refractivity contribution in [3.05, 3.63) is 34.2 Å². The third kappa shape index (κ3) is 2.05. The first-order valence-corrected chi connectivity index (χ1v) is 7.37. The van der Waals surface area contributed by atoms with Crippen LogP contribution in [0.25, 0.3) is 10.1 Å². The molecule has 1 fully saturated rings. The Balaban J connectivity index is 2.01. The van der Waals surface area contributed by atoms with Crippen molar-refractivity contribution in [1.82, 2.24) is 4.90 Å². The molecule has 0 bridgehead atoms. The van der Waals surface area contributed by atoms with Gasteiger partial charge >= 0.3 is 0 Å². The number of thiophene rings is 1. The van der Waals surface area contributed by atoms with Crippen molar-refractivity contribution in [2.75, 3.05) is 20.1 Å². The summed E-state index contributed by atoms with van der Waals surface area (Å²) in [6.45, 7) is 1.89. The van der Waals surface area contributed by atoms with Crippen LogP contribution in [0.1, 0.15) is 17.7 Å². The minimum atomic E-state index is -0.667. The van der Waals surface area contributed by atoms with E-state index in [-0.39, 0.29) is 0 Å². The Labute approximate surface area is 116 Å². The Morgan fingerprint density at radius 1 is 1.33 bits per heavy atom. The van der Waals surface area contributed by atoms with Gasteiger partial charge in [0.2, 0.25) is 0 Å². The zero-order valence-corrected chi connectivity index (χ0v) is 11.9. The third-order valence-electron chi connectivity index (χ3n) is 3.78. The number of hydrogen-bond acceptors (Lipinski definition) is 3. The predicted molar refractivity (Wildman–Crippen MR) is 77.5 cm³/mol. The molecule has 0 amide bonds. The zero-order valence-electron chi connectivity index (χ0n) is 10.3. The SMILES string of the molecule is CN1CCC(O)(c2cc3c(Cl)cccc3s2)CC1. The lowest BCUT2D eigenvalue weighted by Crippen LogP contribution is -2.40. The fraction of sp³-hybridized carbons (Fsp3) is 0.429. The Bertz CT molecular complexity index is 572. The molecule has 2 aromatic rings. The molecule has 1 aromatic heterocycles. The highest BCUT2D eigenvalue weighted by atomic mass is 35.5. The van der Waals surface area contributed by atoms with Gasteiger partial charge in [-0.1, -0.05) is 17.7 Å². The average Bonchev–Trinajstić information content (AvgIpc) is 2.79. The summed E-state index contributed by atoms with van der Waals surface area (Å²) in [5, 5.41) is 12.6. The van der Waals surface area contributed by atoms with Gasteiger partial charge in [0.15, 0.2) is 0 Å². The van der Waals surface area contributed by atoms with Crippen molar-refractivity contribution in [1.29, 1.82) is 0 Å². The molecule has 18 heavy (non-hydrogen) atoms. The molecule has 0 unspecified atom stereocenters. The van der Waals surface area contributed by atoms with E-state index >= 15 is 0 Å². The minimum absolute atomic E-state index is 0.667. The zero-order chi connectivity index (χ0) is 12.8. The molecular formula is C14H16ClNOS. The molecule has 1 aliphatic heterocycles. The quantitative estimate of drug-likeness (QED) is 0.865. The van der Waals surface area contributed by atoms with Crippen molar-refractivity contribution in [3.63, 3.8) is 0 Å². The first-order valence-electron chi connectivity index (χ1n) is 6.18. The molecule has 4 heteroatoms. The lowest BCUT2D eigenvalue weighted by molar-refractivity contribution is -0.0171. The van der Waals surface area contributed by atoms with Gasteiger partial charge in [-0.2, -0.15) is 0 Å². The highest BCUT2D eigenvalue weighted by molar-refractivity contribution is 7.19. The first-order chi connectivity index (χ1) is 8.58. The van der Waals surface area contributed by atoms with Crippen LogP contribution >= 0.6 is 22.9 Å². The molecular weight excluding hydrogens is 266 g/mol. The summed E-state index contributed by atoms with van der Waals surface area (Å²) in [4.78, 5) is 3.31. The number of likely N-dealkylation sites (tertiary alicyclic amines) is 1. The van der Waals surface area contributed by atoms with Crippen LogP contribution in [0.3, 0.4) is 0 Å². The second-order valence-corrected chi connectivity index (χ2v) is 6.59. The molecule has 3 rings (SSSR count). The summed E-state index contributed by atoms with van der Waals surface area (Å²) < 4.78 is 1.16. The summed E-state index contributed by atoms with van der Waals surface area (Å²) in [5.74, 6) is 0. The van der Waals surface area contributed by atoms with Crippen LogP contribution in [-0.4, -0.2) is 30.1 Å². The summed E-state index contributed by atoms with van der Waals surface area (Å²) >= 11 is 7.86. The maximum Gasteiger partial charge on any atom is 0.101 e. The van der Waals surface area contributed by atoms with E-state index in [9.17, 15) is 5.11 Å². The van der Waals surface area contributed by atoms with Crippen molar-refractivity contribution in [2.24, 2.45) is 0 Å². The number of halogens is 1. The van der Waals surface area contributed by atoms with Crippen LogP contribution in [0.5, 0.6) is 0 Å². The number of benzene rings is 1. The van der Waals surface area contributed by atoms with Gasteiger partial charge in [0.05, 0.1) is 0 Å². The van der Waals surface area contributed by atoms with Crippen LogP contribution in [0.4, 0.5) is 0 Å². The van der Waals surface area contributed by atoms with E-state index in [1.165, 1.54) is 0 Å². The van der Waals surface area contributed by atoms with E-state index in [2.05, 4.69) is 24.1 Å². The first kappa shape index (κ1) is 12.4. The number of rotatable bonds is 1. The van der Waals surface area contributed by atoms with Gasteiger partial charge in [0.1, 0.15) is 5.60 Å². The molecule has 1 aromatic carbocycles. The van der Waals surface area contributed by atoms with Crippen molar-refractivity contribution >= 4 is 33.0 Å². The smallest absolute Gasteiger partial charge is 0.101 e. The number of nitrogens with zero attached hydrogens (tertiary/aromatic N) is 1. The summed E-state index contributed by atoms with van der Waals surface area (Å²) in [5.41, 5.74) is -0.667. The summed E-state index contributed by atoms with van der Waals surface area (Å²) in [6.07, 6.45) is 1.60. The van der Waals surface area contributed by atoms with Gasteiger partial charge in [0.25, 0.3) is 0 Å². The van der Waals surface area contributed by atoms with Crippen molar-refractivity contribution in [3.8, 4) is 0 Å². The average molecular weight is 282 g/mol. The monoisotopic (exact) mass is 281 g/mol. The van der Waals surface area contributed by atoms with Gasteiger partial charge in [0, 0.05) is 33.1 Å². The summed E-state index contributed by atoms with van der Waals surface area (Å²) in [6, 6.07) is 7.99. The van der Waals surface area contributed by atoms with Crippen molar-refractivity contribution < 1.29 is 5.11 Å². The number of fused-ring (bicyclic) bond motifs is 1. The standard InChI is InChI=1S/C14H16ClNOS/c1-16-7-5-14(17,6-8-16)13-9-10-11(15)3-2-4-12(10)18-13/h2-4,9,17H,5-8H2,1H3. The summed E-state index contributed by atoms with van der Waals surface area (Å²) in [7, 11) is 2.10. The normalized spacial score (nSPS) is 20.4. The fourth-order valence-corrected chi connectivity index (χ4v) is 4.01. The molecule has 0 radical (unpaired) electrons. The Morgan fingerprint density at radius 3 is 2.72 bits per heavy atom. The topological polar surface area (TPSA) is 23.5 Å². The number of aliphatic hydroxyl groups is 1. The van der Waals surface area contributed by atoms with E-state index in [1.807, 2.05) is 12.1 Å². The molecule has 96 valence electrons. The Hall–Kier alpha value is -0.610. The third-order valence-corrected chi connectivity index (χ3v) is 5.40.